The van der Waals surface area contributed by atoms with Gasteiger partial charge in [0.2, 0.25) is 5.91 Å². The Morgan fingerprint density at radius 3 is 2.31 bits per heavy atom. The number of benzene rings is 1. The number of nitrogens with zero attached hydrogens (tertiary/aromatic N) is 2. The summed E-state index contributed by atoms with van der Waals surface area (Å²) in [6.07, 6.45) is 2.71. The van der Waals surface area contributed by atoms with Gasteiger partial charge in [0, 0.05) is 35.6 Å². The summed E-state index contributed by atoms with van der Waals surface area (Å²) in [4.78, 5) is 40.7. The van der Waals surface area contributed by atoms with E-state index in [1.807, 2.05) is 4.90 Å². The number of morpholine rings is 1. The van der Waals surface area contributed by atoms with Gasteiger partial charge in [-0.1, -0.05) is 12.8 Å². The Labute approximate surface area is 185 Å². The minimum atomic E-state index is -2.89. The van der Waals surface area contributed by atoms with Crippen LogP contribution in [0.2, 0.25) is 0 Å². The molecule has 8 nitrogen and oxygen atoms in total. The number of rotatable bonds is 8. The van der Waals surface area contributed by atoms with Crippen molar-refractivity contribution in [2.24, 2.45) is 5.73 Å². The molecule has 0 bridgehead atoms. The molecule has 0 unspecified atom stereocenters. The lowest BCUT2D eigenvalue weighted by Crippen LogP contribution is -2.62. The number of nitrogens with one attached hydrogen (secondary N) is 1. The number of anilines is 2. The molecule has 1 atom stereocenters. The summed E-state index contributed by atoms with van der Waals surface area (Å²) in [7, 11) is 0. The Morgan fingerprint density at radius 1 is 1.16 bits per heavy atom. The predicted octanol–water partition coefficient (Wildman–Crippen LogP) is 2.19. The summed E-state index contributed by atoms with van der Waals surface area (Å²) >= 11 is 0. The second kappa shape index (κ2) is 9.50. The highest BCUT2D eigenvalue weighted by Gasteiger charge is 2.43. The van der Waals surface area contributed by atoms with Crippen molar-refractivity contribution in [3.8, 4) is 0 Å². The Kier molecular flexibility index (Phi) is 6.71. The van der Waals surface area contributed by atoms with Crippen LogP contribution in [-0.4, -0.2) is 60.5 Å². The minimum Gasteiger partial charge on any atom is -0.370 e. The van der Waals surface area contributed by atoms with E-state index in [1.54, 1.807) is 0 Å². The number of halogens is 2. The summed E-state index contributed by atoms with van der Waals surface area (Å²) in [5, 5.41) is 2.51. The normalized spacial score (nSPS) is 20.8. The lowest BCUT2D eigenvalue weighted by Gasteiger charge is -2.48. The molecule has 1 aromatic rings. The van der Waals surface area contributed by atoms with Gasteiger partial charge in [-0.05, 0) is 43.9 Å². The van der Waals surface area contributed by atoms with Gasteiger partial charge >= 0.3 is 0 Å². The van der Waals surface area contributed by atoms with Gasteiger partial charge in [-0.2, -0.15) is 0 Å². The molecule has 1 saturated heterocycles. The zero-order valence-electron chi connectivity index (χ0n) is 17.8. The van der Waals surface area contributed by atoms with Crippen LogP contribution >= 0.6 is 0 Å². The fourth-order valence-electron chi connectivity index (χ4n) is 4.51. The van der Waals surface area contributed by atoms with Crippen LogP contribution in [0.1, 0.15) is 50.5 Å². The van der Waals surface area contributed by atoms with Crippen LogP contribution < -0.4 is 16.0 Å². The van der Waals surface area contributed by atoms with E-state index in [2.05, 4.69) is 5.32 Å². The number of hydrogen-bond donors (Lipinski definition) is 2. The van der Waals surface area contributed by atoms with Gasteiger partial charge in [0.15, 0.2) is 6.04 Å². The zero-order chi connectivity index (χ0) is 22.8. The second-order valence-corrected chi connectivity index (χ2v) is 8.58. The maximum absolute atomic E-state index is 13.8. The van der Waals surface area contributed by atoms with Crippen LogP contribution in [0.15, 0.2) is 18.2 Å². The van der Waals surface area contributed by atoms with Crippen LogP contribution in [0.5, 0.6) is 0 Å². The first-order valence-electron chi connectivity index (χ1n) is 11.0. The third-order valence-electron chi connectivity index (χ3n) is 6.63. The first-order chi connectivity index (χ1) is 15.4. The van der Waals surface area contributed by atoms with Gasteiger partial charge in [0.25, 0.3) is 18.2 Å². The number of primary amides is 1. The summed E-state index contributed by atoms with van der Waals surface area (Å²) < 4.78 is 32.8. The van der Waals surface area contributed by atoms with Crippen LogP contribution in [0, 0.1) is 0 Å². The third kappa shape index (κ3) is 4.47. The van der Waals surface area contributed by atoms with E-state index in [4.69, 9.17) is 10.5 Å². The molecule has 3 amide bonds. The monoisotopic (exact) mass is 450 g/mol. The summed E-state index contributed by atoms with van der Waals surface area (Å²) in [5.41, 5.74) is 5.41. The van der Waals surface area contributed by atoms with Crippen LogP contribution in [0.4, 0.5) is 20.2 Å². The topological polar surface area (TPSA) is 105 Å². The van der Waals surface area contributed by atoms with Crippen LogP contribution in [0.3, 0.4) is 0 Å². The molecule has 0 radical (unpaired) electrons. The largest absolute Gasteiger partial charge is 0.370 e. The van der Waals surface area contributed by atoms with Gasteiger partial charge in [-0.25, -0.2) is 8.78 Å². The van der Waals surface area contributed by atoms with Crippen molar-refractivity contribution in [2.45, 2.75) is 63.1 Å². The molecule has 3 fully saturated rings. The highest BCUT2D eigenvalue weighted by molar-refractivity contribution is 6.10. The molecule has 0 spiro atoms. The van der Waals surface area contributed by atoms with Crippen LogP contribution in [0.25, 0.3) is 0 Å². The standard InChI is InChI=1S/C22H28F2N4O4/c23-20(24)16-11-15(27-9-10-32-12-18(27)29)7-8-17(16)26-22(31)19(21(25)30)28(13-3-1-4-13)14-5-2-6-14/h7-8,11,13-14,19-20H,1-6,9-10,12H2,(H2,25,30)(H,26,31)/t19-/m0/s1. The molecule has 1 aliphatic heterocycles. The van der Waals surface area contributed by atoms with E-state index in [1.165, 1.54) is 23.1 Å². The second-order valence-electron chi connectivity index (χ2n) is 8.58. The first kappa shape index (κ1) is 22.6. The van der Waals surface area contributed by atoms with Crippen molar-refractivity contribution in [2.75, 3.05) is 30.0 Å². The van der Waals surface area contributed by atoms with Crippen molar-refractivity contribution in [1.82, 2.24) is 4.90 Å². The highest BCUT2D eigenvalue weighted by atomic mass is 19.3. The van der Waals surface area contributed by atoms with E-state index in [0.29, 0.717) is 12.3 Å². The van der Waals surface area contributed by atoms with E-state index < -0.39 is 29.8 Å². The molecule has 1 heterocycles. The molecular formula is C22H28F2N4O4. The minimum absolute atomic E-state index is 0.0946. The number of amides is 3. The molecule has 174 valence electrons. The van der Waals surface area contributed by atoms with Crippen molar-refractivity contribution in [3.63, 3.8) is 0 Å². The Morgan fingerprint density at radius 2 is 1.81 bits per heavy atom. The van der Waals surface area contributed by atoms with Crippen LogP contribution in [-0.2, 0) is 19.1 Å². The SMILES string of the molecule is NC(=O)[C@@H](C(=O)Nc1ccc(N2CCOCC2=O)cc1C(F)F)N(C1CCC1)C1CCC1. The highest BCUT2D eigenvalue weighted by Crippen LogP contribution is 2.36. The molecule has 4 rings (SSSR count). The lowest BCUT2D eigenvalue weighted by molar-refractivity contribution is -0.138. The van der Waals surface area contributed by atoms with Gasteiger partial charge in [-0.3, -0.25) is 19.3 Å². The first-order valence-corrected chi connectivity index (χ1v) is 11.0. The van der Waals surface area contributed by atoms with E-state index >= 15 is 0 Å². The average molecular weight is 450 g/mol. The number of carbonyl (C=O) groups is 3. The molecule has 3 aliphatic rings. The van der Waals surface area contributed by atoms with E-state index in [0.717, 1.165) is 38.5 Å². The smallest absolute Gasteiger partial charge is 0.265 e. The summed E-state index contributed by atoms with van der Waals surface area (Å²) in [5.74, 6) is -1.80. The summed E-state index contributed by atoms with van der Waals surface area (Å²) in [6.45, 7) is 0.461. The molecule has 2 aliphatic carbocycles. The van der Waals surface area contributed by atoms with E-state index in [-0.39, 0.29) is 36.8 Å². The van der Waals surface area contributed by atoms with Crippen molar-refractivity contribution in [1.29, 1.82) is 0 Å². The Bertz CT molecular complexity index is 875. The molecule has 0 aromatic heterocycles. The molecule has 3 N–H and O–H groups in total. The zero-order valence-corrected chi connectivity index (χ0v) is 17.8. The van der Waals surface area contributed by atoms with Crippen molar-refractivity contribution < 1.29 is 27.9 Å². The summed E-state index contributed by atoms with van der Waals surface area (Å²) in [6, 6.07) is 3.03. The lowest BCUT2D eigenvalue weighted by atomic mass is 9.83. The van der Waals surface area contributed by atoms with E-state index in [9.17, 15) is 23.2 Å². The van der Waals surface area contributed by atoms with Gasteiger partial charge < -0.3 is 20.7 Å². The average Bonchev–Trinajstić information content (AvgIpc) is 2.65. The number of hydrogen-bond acceptors (Lipinski definition) is 5. The fourth-order valence-corrected chi connectivity index (χ4v) is 4.51. The van der Waals surface area contributed by atoms with Crippen molar-refractivity contribution >= 4 is 29.1 Å². The molecule has 2 saturated carbocycles. The number of ether oxygens (including phenoxy) is 1. The number of alkyl halides is 2. The molecule has 32 heavy (non-hydrogen) atoms. The molecule has 1 aromatic carbocycles. The fraction of sp³-hybridized carbons (Fsp3) is 0.591. The van der Waals surface area contributed by atoms with Gasteiger partial charge in [0.1, 0.15) is 6.61 Å². The predicted molar refractivity (Wildman–Crippen MR) is 113 cm³/mol. The van der Waals surface area contributed by atoms with Crippen molar-refractivity contribution in [3.05, 3.63) is 23.8 Å². The third-order valence-corrected chi connectivity index (χ3v) is 6.63. The maximum atomic E-state index is 13.8. The Hall–Kier alpha value is -2.59. The van der Waals surface area contributed by atoms with Gasteiger partial charge in [-0.15, -0.1) is 0 Å². The molecule has 10 heteroatoms. The quantitative estimate of drug-likeness (QED) is 0.591. The Balaban J connectivity index is 1.57. The number of carbonyl (C=O) groups excluding carboxylic acids is 3. The van der Waals surface area contributed by atoms with Gasteiger partial charge in [0.05, 0.1) is 6.61 Å². The molecular weight excluding hydrogens is 422 g/mol. The maximum Gasteiger partial charge on any atom is 0.265 e. The number of nitrogens with two attached hydrogens (primary N) is 1.